The fourth-order valence-electron chi connectivity index (χ4n) is 1.66. The van der Waals surface area contributed by atoms with Gasteiger partial charge in [-0.1, -0.05) is 26.7 Å². The van der Waals surface area contributed by atoms with Crippen molar-refractivity contribution in [1.82, 2.24) is 0 Å². The molecule has 0 aromatic heterocycles. The van der Waals surface area contributed by atoms with Gasteiger partial charge in [-0.2, -0.15) is 0 Å². The van der Waals surface area contributed by atoms with Crippen LogP contribution in [-0.2, 0) is 12.8 Å². The molecule has 14 heavy (non-hydrogen) atoms. The first-order valence-corrected chi connectivity index (χ1v) is 5.67. The number of phenols is 1. The van der Waals surface area contributed by atoms with Crippen LogP contribution in [0.5, 0.6) is 5.75 Å². The lowest BCUT2D eigenvalue weighted by Crippen LogP contribution is -1.91. The quantitative estimate of drug-likeness (QED) is 0.728. The van der Waals surface area contributed by atoms with E-state index in [4.69, 9.17) is 0 Å². The summed E-state index contributed by atoms with van der Waals surface area (Å²) < 4.78 is 0. The molecule has 1 N–H and O–H groups in total. The Morgan fingerprint density at radius 3 is 1.86 bits per heavy atom. The van der Waals surface area contributed by atoms with Gasteiger partial charge in [0, 0.05) is 4.90 Å². The molecular formula is C12H18OS. The molecule has 0 aliphatic rings. The molecule has 0 unspecified atom stereocenters. The maximum atomic E-state index is 9.94. The Morgan fingerprint density at radius 2 is 1.50 bits per heavy atom. The predicted octanol–water partition coefficient (Wildman–Crippen LogP) is 3.59. The van der Waals surface area contributed by atoms with E-state index in [0.717, 1.165) is 41.7 Å². The predicted molar refractivity (Wildman–Crippen MR) is 63.3 cm³/mol. The number of rotatable bonds is 4. The lowest BCUT2D eigenvalue weighted by Gasteiger charge is -2.09. The molecule has 0 amide bonds. The summed E-state index contributed by atoms with van der Waals surface area (Å²) in [6.45, 7) is 4.23. The molecule has 0 saturated heterocycles. The minimum Gasteiger partial charge on any atom is -0.507 e. The van der Waals surface area contributed by atoms with Crippen molar-refractivity contribution in [2.24, 2.45) is 0 Å². The van der Waals surface area contributed by atoms with Crippen molar-refractivity contribution < 1.29 is 5.11 Å². The second-order valence-corrected chi connectivity index (χ2v) is 4.13. The van der Waals surface area contributed by atoms with Crippen molar-refractivity contribution in [3.05, 3.63) is 23.3 Å². The second kappa shape index (κ2) is 5.30. The fraction of sp³-hybridized carbons (Fsp3) is 0.500. The Hall–Kier alpha value is -0.630. The van der Waals surface area contributed by atoms with Crippen LogP contribution in [0.4, 0.5) is 0 Å². The molecular weight excluding hydrogens is 192 g/mol. The van der Waals surface area contributed by atoms with Crippen molar-refractivity contribution in [3.63, 3.8) is 0 Å². The van der Waals surface area contributed by atoms with Gasteiger partial charge in [-0.15, -0.1) is 12.6 Å². The summed E-state index contributed by atoms with van der Waals surface area (Å²) in [6, 6.07) is 3.92. The molecule has 78 valence electrons. The molecule has 2 heteroatoms. The standard InChI is InChI=1S/C12H18OS/c1-3-5-9-7-11(14)8-10(6-4-2)12(9)13/h7-8,13-14H,3-6H2,1-2H3. The summed E-state index contributed by atoms with van der Waals surface area (Å²) in [4.78, 5) is 0.953. The van der Waals surface area contributed by atoms with E-state index >= 15 is 0 Å². The summed E-state index contributed by atoms with van der Waals surface area (Å²) in [5.74, 6) is 0.478. The average Bonchev–Trinajstić information content (AvgIpc) is 2.14. The normalized spacial score (nSPS) is 10.5. The fourth-order valence-corrected chi connectivity index (χ4v) is 1.97. The SMILES string of the molecule is CCCc1cc(S)cc(CCC)c1O. The van der Waals surface area contributed by atoms with Gasteiger partial charge in [0.1, 0.15) is 5.75 Å². The van der Waals surface area contributed by atoms with Gasteiger partial charge in [0.25, 0.3) is 0 Å². The zero-order valence-corrected chi connectivity index (χ0v) is 9.77. The van der Waals surface area contributed by atoms with E-state index in [1.165, 1.54) is 0 Å². The highest BCUT2D eigenvalue weighted by molar-refractivity contribution is 7.80. The molecule has 0 radical (unpaired) electrons. The monoisotopic (exact) mass is 210 g/mol. The van der Waals surface area contributed by atoms with Gasteiger partial charge in [-0.25, -0.2) is 0 Å². The number of aryl methyl sites for hydroxylation is 2. The third kappa shape index (κ3) is 2.68. The van der Waals surface area contributed by atoms with Crippen LogP contribution in [0, 0.1) is 0 Å². The molecule has 0 spiro atoms. The molecule has 0 bridgehead atoms. The number of benzene rings is 1. The molecule has 0 fully saturated rings. The van der Waals surface area contributed by atoms with E-state index in [1.807, 2.05) is 12.1 Å². The van der Waals surface area contributed by atoms with Crippen LogP contribution in [0.15, 0.2) is 17.0 Å². The van der Waals surface area contributed by atoms with Gasteiger partial charge in [0.2, 0.25) is 0 Å². The average molecular weight is 210 g/mol. The maximum absolute atomic E-state index is 9.94. The van der Waals surface area contributed by atoms with Gasteiger partial charge in [0.05, 0.1) is 0 Å². The van der Waals surface area contributed by atoms with E-state index in [2.05, 4.69) is 26.5 Å². The zero-order chi connectivity index (χ0) is 10.6. The highest BCUT2D eigenvalue weighted by Gasteiger charge is 2.07. The van der Waals surface area contributed by atoms with Crippen LogP contribution < -0.4 is 0 Å². The van der Waals surface area contributed by atoms with Crippen molar-refractivity contribution >= 4 is 12.6 Å². The topological polar surface area (TPSA) is 20.2 Å². The summed E-state index contributed by atoms with van der Waals surface area (Å²) in [7, 11) is 0. The van der Waals surface area contributed by atoms with Gasteiger partial charge < -0.3 is 5.11 Å². The Balaban J connectivity index is 3.04. The summed E-state index contributed by atoms with van der Waals surface area (Å²) in [6.07, 6.45) is 3.96. The molecule has 1 rings (SSSR count). The summed E-state index contributed by atoms with van der Waals surface area (Å²) >= 11 is 4.35. The minimum absolute atomic E-state index is 0.478. The molecule has 1 aromatic carbocycles. The van der Waals surface area contributed by atoms with Crippen LogP contribution in [0.25, 0.3) is 0 Å². The molecule has 0 aliphatic carbocycles. The number of phenolic OH excluding ortho intramolecular Hbond substituents is 1. The maximum Gasteiger partial charge on any atom is 0.122 e. The van der Waals surface area contributed by atoms with Crippen molar-refractivity contribution in [2.45, 2.75) is 44.4 Å². The molecule has 1 nitrogen and oxygen atoms in total. The van der Waals surface area contributed by atoms with Gasteiger partial charge in [-0.3, -0.25) is 0 Å². The lowest BCUT2D eigenvalue weighted by atomic mass is 10.0. The highest BCUT2D eigenvalue weighted by Crippen LogP contribution is 2.28. The Kier molecular flexibility index (Phi) is 4.33. The van der Waals surface area contributed by atoms with Crippen LogP contribution in [0.2, 0.25) is 0 Å². The first-order chi connectivity index (χ1) is 6.69. The van der Waals surface area contributed by atoms with Crippen LogP contribution in [0.3, 0.4) is 0 Å². The van der Waals surface area contributed by atoms with Crippen LogP contribution >= 0.6 is 12.6 Å². The van der Waals surface area contributed by atoms with Crippen molar-refractivity contribution in [3.8, 4) is 5.75 Å². The van der Waals surface area contributed by atoms with Gasteiger partial charge >= 0.3 is 0 Å². The number of thiol groups is 1. The Morgan fingerprint density at radius 1 is 1.07 bits per heavy atom. The zero-order valence-electron chi connectivity index (χ0n) is 8.88. The largest absolute Gasteiger partial charge is 0.507 e. The molecule has 0 heterocycles. The Labute approximate surface area is 91.6 Å². The second-order valence-electron chi connectivity index (χ2n) is 3.61. The summed E-state index contributed by atoms with van der Waals surface area (Å²) in [5.41, 5.74) is 2.06. The van der Waals surface area contributed by atoms with Crippen LogP contribution in [-0.4, -0.2) is 5.11 Å². The number of hydrogen-bond donors (Lipinski definition) is 2. The van der Waals surface area contributed by atoms with E-state index in [1.54, 1.807) is 0 Å². The molecule has 0 atom stereocenters. The van der Waals surface area contributed by atoms with Crippen molar-refractivity contribution in [1.29, 1.82) is 0 Å². The minimum atomic E-state index is 0.478. The number of aromatic hydroxyl groups is 1. The van der Waals surface area contributed by atoms with E-state index < -0.39 is 0 Å². The third-order valence-electron chi connectivity index (χ3n) is 2.29. The van der Waals surface area contributed by atoms with Gasteiger partial charge in [-0.05, 0) is 36.1 Å². The van der Waals surface area contributed by atoms with E-state index in [-0.39, 0.29) is 0 Å². The van der Waals surface area contributed by atoms with Crippen molar-refractivity contribution in [2.75, 3.05) is 0 Å². The summed E-state index contributed by atoms with van der Waals surface area (Å²) in [5, 5.41) is 9.94. The Bertz CT molecular complexity index is 280. The number of hydrogen-bond acceptors (Lipinski definition) is 2. The van der Waals surface area contributed by atoms with E-state index in [9.17, 15) is 5.11 Å². The van der Waals surface area contributed by atoms with Gasteiger partial charge in [0.15, 0.2) is 0 Å². The first-order valence-electron chi connectivity index (χ1n) is 5.22. The lowest BCUT2D eigenvalue weighted by molar-refractivity contribution is 0.459. The first kappa shape index (κ1) is 11.4. The third-order valence-corrected chi connectivity index (χ3v) is 2.55. The van der Waals surface area contributed by atoms with Crippen LogP contribution in [0.1, 0.15) is 37.8 Å². The van der Waals surface area contributed by atoms with E-state index in [0.29, 0.717) is 5.75 Å². The molecule has 1 aromatic rings. The molecule has 0 saturated carbocycles. The smallest absolute Gasteiger partial charge is 0.122 e. The molecule has 0 aliphatic heterocycles. The highest BCUT2D eigenvalue weighted by atomic mass is 32.1.